The first-order valence-corrected chi connectivity index (χ1v) is 13.2. The van der Waals surface area contributed by atoms with Gasteiger partial charge in [0.2, 0.25) is 5.91 Å². The molecule has 5 nitrogen and oxygen atoms in total. The monoisotopic (exact) mass is 601 g/mol. The molecule has 4 aromatic carbocycles. The normalized spacial score (nSPS) is 11.2. The Balaban J connectivity index is 1.56. The van der Waals surface area contributed by atoms with Crippen LogP contribution in [0.2, 0.25) is 10.0 Å². The lowest BCUT2D eigenvalue weighted by atomic mass is 10.0. The molecule has 4 rings (SSSR count). The number of hydrogen-bond donors (Lipinski definition) is 1. The number of aromatic carboxylic acids is 1. The lowest BCUT2D eigenvalue weighted by Gasteiger charge is -2.25. The highest BCUT2D eigenvalue weighted by Crippen LogP contribution is 2.33. The van der Waals surface area contributed by atoms with E-state index in [2.05, 4.69) is 0 Å². The van der Waals surface area contributed by atoms with E-state index >= 15 is 0 Å². The Morgan fingerprint density at radius 2 is 1.44 bits per heavy atom. The summed E-state index contributed by atoms with van der Waals surface area (Å²) in [5, 5.41) is 10.2. The minimum absolute atomic E-state index is 0.00435. The topological polar surface area (TPSA) is 66.8 Å². The first-order chi connectivity index (χ1) is 19.5. The molecule has 0 aromatic heterocycles. The maximum atomic E-state index is 13.7. The standard InChI is InChI=1S/C31H24Cl2F3NO4/c32-26-9-5-10-27(33)23(26)16-17-29(38)37(19-21-6-1-3-8-25(21)31(34,35)36)18-20-12-14-22(15-13-20)41-28-11-4-2-7-24(28)30(39)40/h1-15H,16-19H2,(H,39,40). The van der Waals surface area contributed by atoms with Crippen molar-refractivity contribution < 1.29 is 32.6 Å². The van der Waals surface area contributed by atoms with Crippen molar-refractivity contribution in [3.63, 3.8) is 0 Å². The molecule has 0 saturated carbocycles. The zero-order valence-corrected chi connectivity index (χ0v) is 23.0. The summed E-state index contributed by atoms with van der Waals surface area (Å²) in [7, 11) is 0. The predicted octanol–water partition coefficient (Wildman–Crippen LogP) is 8.66. The first-order valence-electron chi connectivity index (χ1n) is 12.5. The number of hydrogen-bond acceptors (Lipinski definition) is 3. The average molecular weight is 602 g/mol. The molecule has 1 N–H and O–H groups in total. The van der Waals surface area contributed by atoms with Gasteiger partial charge in [-0.05, 0) is 65.6 Å². The molecule has 0 aliphatic heterocycles. The number of para-hydroxylation sites is 1. The van der Waals surface area contributed by atoms with E-state index in [1.807, 2.05) is 0 Å². The molecule has 41 heavy (non-hydrogen) atoms. The van der Waals surface area contributed by atoms with E-state index in [1.165, 1.54) is 35.2 Å². The Labute approximate surface area is 244 Å². The van der Waals surface area contributed by atoms with Gasteiger partial charge in [0.15, 0.2) is 0 Å². The third kappa shape index (κ3) is 7.80. The van der Waals surface area contributed by atoms with E-state index in [0.29, 0.717) is 26.9 Å². The lowest BCUT2D eigenvalue weighted by molar-refractivity contribution is -0.140. The van der Waals surface area contributed by atoms with Crippen molar-refractivity contribution in [1.82, 2.24) is 4.90 Å². The molecule has 4 aromatic rings. The van der Waals surface area contributed by atoms with Gasteiger partial charge in [0.05, 0.1) is 5.56 Å². The van der Waals surface area contributed by atoms with Gasteiger partial charge < -0.3 is 14.7 Å². The van der Waals surface area contributed by atoms with Crippen LogP contribution in [-0.2, 0) is 30.5 Å². The summed E-state index contributed by atoms with van der Waals surface area (Å²) in [4.78, 5) is 26.2. The highest BCUT2D eigenvalue weighted by atomic mass is 35.5. The van der Waals surface area contributed by atoms with Crippen LogP contribution in [0, 0.1) is 0 Å². The number of nitrogens with zero attached hydrogens (tertiary/aromatic N) is 1. The maximum Gasteiger partial charge on any atom is 0.416 e. The fraction of sp³-hybridized carbons (Fsp3) is 0.161. The molecule has 0 atom stereocenters. The molecule has 10 heteroatoms. The summed E-state index contributed by atoms with van der Waals surface area (Å²) >= 11 is 12.5. The third-order valence-electron chi connectivity index (χ3n) is 6.33. The lowest BCUT2D eigenvalue weighted by Crippen LogP contribution is -2.31. The second kappa shape index (κ2) is 13.1. The predicted molar refractivity (Wildman–Crippen MR) is 150 cm³/mol. The summed E-state index contributed by atoms with van der Waals surface area (Å²) in [5.74, 6) is -1.00. The number of carboxylic acid groups (broad SMARTS) is 1. The van der Waals surface area contributed by atoms with Crippen LogP contribution in [0.3, 0.4) is 0 Å². The molecule has 0 fully saturated rings. The number of carbonyl (C=O) groups is 2. The Morgan fingerprint density at radius 3 is 2.10 bits per heavy atom. The van der Waals surface area contributed by atoms with Crippen LogP contribution < -0.4 is 4.74 Å². The van der Waals surface area contributed by atoms with E-state index in [0.717, 1.165) is 6.07 Å². The summed E-state index contributed by atoms with van der Waals surface area (Å²) < 4.78 is 46.8. The second-order valence-corrected chi connectivity index (χ2v) is 9.97. The summed E-state index contributed by atoms with van der Waals surface area (Å²) in [6.07, 6.45) is -4.39. The zero-order valence-electron chi connectivity index (χ0n) is 21.5. The van der Waals surface area contributed by atoms with Crippen LogP contribution in [0.15, 0.2) is 91.0 Å². The number of benzene rings is 4. The van der Waals surface area contributed by atoms with Crippen LogP contribution in [0.1, 0.15) is 39.0 Å². The van der Waals surface area contributed by atoms with Crippen LogP contribution in [0.4, 0.5) is 13.2 Å². The molecule has 1 amide bonds. The summed E-state index contributed by atoms with van der Waals surface area (Å²) in [5.41, 5.74) is 0.373. The smallest absolute Gasteiger partial charge is 0.416 e. The van der Waals surface area contributed by atoms with Crippen molar-refractivity contribution in [3.8, 4) is 11.5 Å². The summed E-state index contributed by atoms with van der Waals surface area (Å²) in [6, 6.07) is 22.9. The van der Waals surface area contributed by atoms with Crippen LogP contribution in [0.25, 0.3) is 0 Å². The van der Waals surface area contributed by atoms with Gasteiger partial charge in [-0.1, -0.05) is 71.7 Å². The molecule has 0 heterocycles. The Hall–Kier alpha value is -4.01. The molecular weight excluding hydrogens is 578 g/mol. The van der Waals surface area contributed by atoms with E-state index < -0.39 is 17.7 Å². The molecule has 0 aliphatic rings. The van der Waals surface area contributed by atoms with E-state index in [-0.39, 0.29) is 48.7 Å². The van der Waals surface area contributed by atoms with Gasteiger partial charge in [-0.2, -0.15) is 13.2 Å². The quantitative estimate of drug-likeness (QED) is 0.197. The van der Waals surface area contributed by atoms with Gasteiger partial charge in [0.25, 0.3) is 0 Å². The number of rotatable bonds is 10. The van der Waals surface area contributed by atoms with E-state index in [9.17, 15) is 27.9 Å². The van der Waals surface area contributed by atoms with Gasteiger partial charge in [0.1, 0.15) is 17.1 Å². The highest BCUT2D eigenvalue weighted by molar-refractivity contribution is 6.36. The molecule has 0 unspecified atom stereocenters. The number of ether oxygens (including phenoxy) is 1. The fourth-order valence-corrected chi connectivity index (χ4v) is 4.86. The number of amides is 1. The number of carbonyl (C=O) groups excluding carboxylic acids is 1. The van der Waals surface area contributed by atoms with Crippen molar-refractivity contribution >= 4 is 35.1 Å². The molecule has 0 saturated heterocycles. The minimum Gasteiger partial charge on any atom is -0.478 e. The van der Waals surface area contributed by atoms with Crippen molar-refractivity contribution in [2.75, 3.05) is 0 Å². The Bertz CT molecular complexity index is 1520. The molecule has 0 bridgehead atoms. The van der Waals surface area contributed by atoms with Crippen molar-refractivity contribution in [1.29, 1.82) is 0 Å². The minimum atomic E-state index is -4.58. The van der Waals surface area contributed by atoms with E-state index in [4.69, 9.17) is 27.9 Å². The molecule has 0 aliphatic carbocycles. The SMILES string of the molecule is O=C(O)c1ccccc1Oc1ccc(CN(Cc2ccccc2C(F)(F)F)C(=O)CCc2c(Cl)cccc2Cl)cc1. The van der Waals surface area contributed by atoms with Gasteiger partial charge in [-0.25, -0.2) is 4.79 Å². The average Bonchev–Trinajstić information content (AvgIpc) is 2.93. The van der Waals surface area contributed by atoms with Gasteiger partial charge in [-0.3, -0.25) is 4.79 Å². The third-order valence-corrected chi connectivity index (χ3v) is 7.04. The molecular formula is C31H24Cl2F3NO4. The van der Waals surface area contributed by atoms with Gasteiger partial charge >= 0.3 is 12.1 Å². The van der Waals surface area contributed by atoms with E-state index in [1.54, 1.807) is 54.6 Å². The van der Waals surface area contributed by atoms with Gasteiger partial charge in [-0.15, -0.1) is 0 Å². The number of halogens is 5. The zero-order chi connectivity index (χ0) is 29.6. The van der Waals surface area contributed by atoms with Crippen LogP contribution in [0.5, 0.6) is 11.5 Å². The Morgan fingerprint density at radius 1 is 0.805 bits per heavy atom. The molecule has 212 valence electrons. The Kier molecular flexibility index (Phi) is 9.57. The van der Waals surface area contributed by atoms with Crippen molar-refractivity contribution in [3.05, 3.63) is 129 Å². The summed E-state index contributed by atoms with van der Waals surface area (Å²) in [6.45, 7) is -0.248. The number of alkyl halides is 3. The van der Waals surface area contributed by atoms with Crippen molar-refractivity contribution in [2.45, 2.75) is 32.1 Å². The maximum absolute atomic E-state index is 13.7. The van der Waals surface area contributed by atoms with Crippen LogP contribution >= 0.6 is 23.2 Å². The van der Waals surface area contributed by atoms with Gasteiger partial charge in [0, 0.05) is 29.6 Å². The molecule has 0 spiro atoms. The largest absolute Gasteiger partial charge is 0.478 e. The van der Waals surface area contributed by atoms with Crippen LogP contribution in [-0.4, -0.2) is 21.9 Å². The molecule has 0 radical (unpaired) electrons. The fourth-order valence-electron chi connectivity index (χ4n) is 4.28. The first kappa shape index (κ1) is 30.0. The highest BCUT2D eigenvalue weighted by Gasteiger charge is 2.33. The van der Waals surface area contributed by atoms with Crippen molar-refractivity contribution in [2.24, 2.45) is 0 Å². The number of carboxylic acids is 1. The second-order valence-electron chi connectivity index (χ2n) is 9.15.